The molecule has 1 rings (SSSR count). The number of aliphatic hydroxyl groups is 1. The molecule has 0 aliphatic rings. The summed E-state index contributed by atoms with van der Waals surface area (Å²) in [4.78, 5) is 10.4. The van der Waals surface area contributed by atoms with Crippen molar-refractivity contribution in [3.63, 3.8) is 0 Å². The second-order valence-electron chi connectivity index (χ2n) is 3.05. The minimum atomic E-state index is -1.21. The fourth-order valence-corrected chi connectivity index (χ4v) is 1.12. The first-order chi connectivity index (χ1) is 7.13. The van der Waals surface area contributed by atoms with E-state index in [4.69, 9.17) is 16.7 Å². The topological polar surface area (TPSA) is 72.4 Å². The number of rotatable bonds is 5. The summed E-state index contributed by atoms with van der Waals surface area (Å²) in [7, 11) is 0. The van der Waals surface area contributed by atoms with Crippen LogP contribution in [0.1, 0.15) is 10.4 Å². The Bertz CT molecular complexity index is 326. The van der Waals surface area contributed by atoms with E-state index in [2.05, 4.69) is 5.32 Å². The molecule has 0 radical (unpaired) electrons. The number of carboxylic acid groups (broad SMARTS) is 1. The molecule has 15 heavy (non-hydrogen) atoms. The van der Waals surface area contributed by atoms with Gasteiger partial charge in [0.2, 0.25) is 0 Å². The number of aromatic carboxylic acids is 1. The molecule has 0 saturated heterocycles. The molecule has 5 heteroatoms. The van der Waals surface area contributed by atoms with Crippen LogP contribution in [0.15, 0.2) is 24.3 Å². The molecule has 2 N–H and O–H groups in total. The lowest BCUT2D eigenvalue weighted by Crippen LogP contribution is -2.22. The minimum absolute atomic E-state index is 0.124. The lowest BCUT2D eigenvalue weighted by molar-refractivity contribution is -0.255. The Kier molecular flexibility index (Phi) is 4.39. The van der Waals surface area contributed by atoms with Gasteiger partial charge in [0.05, 0.1) is 18.0 Å². The SMILES string of the molecule is O=C([O-])c1ccc(NC[C@H](O)CCl)cc1. The fourth-order valence-electron chi connectivity index (χ4n) is 1.01. The molecule has 1 aromatic carbocycles. The lowest BCUT2D eigenvalue weighted by Gasteiger charge is -2.10. The van der Waals surface area contributed by atoms with Crippen LogP contribution in [0.3, 0.4) is 0 Å². The van der Waals surface area contributed by atoms with Gasteiger partial charge in [-0.25, -0.2) is 0 Å². The quantitative estimate of drug-likeness (QED) is 0.700. The van der Waals surface area contributed by atoms with Gasteiger partial charge < -0.3 is 20.3 Å². The summed E-state index contributed by atoms with van der Waals surface area (Å²) in [5.41, 5.74) is 0.850. The highest BCUT2D eigenvalue weighted by Crippen LogP contribution is 2.08. The highest BCUT2D eigenvalue weighted by Gasteiger charge is 2.01. The largest absolute Gasteiger partial charge is 0.545 e. The van der Waals surface area contributed by atoms with Crippen LogP contribution in [0.4, 0.5) is 5.69 Å². The third kappa shape index (κ3) is 3.77. The predicted molar refractivity (Wildman–Crippen MR) is 56.0 cm³/mol. The Morgan fingerprint density at radius 2 is 2.07 bits per heavy atom. The van der Waals surface area contributed by atoms with Crippen LogP contribution >= 0.6 is 11.6 Å². The minimum Gasteiger partial charge on any atom is -0.545 e. The van der Waals surface area contributed by atoms with E-state index in [0.29, 0.717) is 6.54 Å². The van der Waals surface area contributed by atoms with E-state index >= 15 is 0 Å². The summed E-state index contributed by atoms with van der Waals surface area (Å²) in [6.45, 7) is 0.328. The Labute approximate surface area is 92.5 Å². The maximum atomic E-state index is 10.4. The molecule has 0 amide bonds. The van der Waals surface area contributed by atoms with Crippen molar-refractivity contribution in [1.82, 2.24) is 0 Å². The molecular weight excluding hydrogens is 218 g/mol. The van der Waals surface area contributed by atoms with E-state index in [0.717, 1.165) is 5.69 Å². The van der Waals surface area contributed by atoms with E-state index in [1.54, 1.807) is 12.1 Å². The van der Waals surface area contributed by atoms with Crippen LogP contribution in [0.2, 0.25) is 0 Å². The predicted octanol–water partition coefficient (Wildman–Crippen LogP) is 0.0617. The maximum absolute atomic E-state index is 10.4. The summed E-state index contributed by atoms with van der Waals surface area (Å²) in [6.07, 6.45) is -0.618. The zero-order valence-electron chi connectivity index (χ0n) is 7.94. The van der Waals surface area contributed by atoms with Gasteiger partial charge in [-0.15, -0.1) is 11.6 Å². The first-order valence-electron chi connectivity index (χ1n) is 4.43. The van der Waals surface area contributed by atoms with Crippen LogP contribution < -0.4 is 10.4 Å². The van der Waals surface area contributed by atoms with E-state index in [9.17, 15) is 9.90 Å². The third-order valence-electron chi connectivity index (χ3n) is 1.84. The number of carbonyl (C=O) groups is 1. The molecule has 1 atom stereocenters. The van der Waals surface area contributed by atoms with Crippen molar-refractivity contribution in [2.45, 2.75) is 6.10 Å². The number of alkyl halides is 1. The molecule has 0 bridgehead atoms. The summed E-state index contributed by atoms with van der Waals surface area (Å²) in [5.74, 6) is -1.05. The second kappa shape index (κ2) is 5.58. The van der Waals surface area contributed by atoms with Gasteiger partial charge in [-0.2, -0.15) is 0 Å². The van der Waals surface area contributed by atoms with Gasteiger partial charge in [0, 0.05) is 12.2 Å². The summed E-state index contributed by atoms with van der Waals surface area (Å²) in [6, 6.07) is 6.08. The Hall–Kier alpha value is -1.26. The average Bonchev–Trinajstić information content (AvgIpc) is 2.26. The molecule has 82 valence electrons. The van der Waals surface area contributed by atoms with Crippen molar-refractivity contribution < 1.29 is 15.0 Å². The van der Waals surface area contributed by atoms with Crippen LogP contribution in [0, 0.1) is 0 Å². The summed E-state index contributed by atoms with van der Waals surface area (Å²) in [5, 5.41) is 22.5. The van der Waals surface area contributed by atoms with E-state index < -0.39 is 12.1 Å². The normalized spacial score (nSPS) is 12.1. The van der Waals surface area contributed by atoms with Crippen molar-refractivity contribution in [1.29, 1.82) is 0 Å². The molecule has 0 unspecified atom stereocenters. The molecule has 4 nitrogen and oxygen atoms in total. The number of halogens is 1. The van der Waals surface area contributed by atoms with Crippen molar-refractivity contribution in [3.05, 3.63) is 29.8 Å². The molecule has 0 spiro atoms. The number of nitrogens with one attached hydrogen (secondary N) is 1. The molecule has 0 aliphatic heterocycles. The van der Waals surface area contributed by atoms with Crippen molar-refractivity contribution >= 4 is 23.3 Å². The third-order valence-corrected chi connectivity index (χ3v) is 2.20. The highest BCUT2D eigenvalue weighted by molar-refractivity contribution is 6.18. The number of hydrogen-bond donors (Lipinski definition) is 2. The molecule has 0 aliphatic carbocycles. The van der Waals surface area contributed by atoms with Gasteiger partial charge in [-0.1, -0.05) is 12.1 Å². The molecule has 0 heterocycles. The van der Waals surface area contributed by atoms with Crippen LogP contribution in [-0.4, -0.2) is 29.6 Å². The van der Waals surface area contributed by atoms with Crippen molar-refractivity contribution in [2.75, 3.05) is 17.7 Å². The second-order valence-corrected chi connectivity index (χ2v) is 3.36. The van der Waals surface area contributed by atoms with E-state index in [-0.39, 0.29) is 11.4 Å². The van der Waals surface area contributed by atoms with Gasteiger partial charge in [-0.3, -0.25) is 0 Å². The standard InChI is InChI=1S/C10H12ClNO3/c11-5-9(13)6-12-8-3-1-7(2-4-8)10(14)15/h1-4,9,12-13H,5-6H2,(H,14,15)/p-1/t9-/m1/s1. The van der Waals surface area contributed by atoms with E-state index in [1.807, 2.05) is 0 Å². The smallest absolute Gasteiger partial charge is 0.0847 e. The first-order valence-corrected chi connectivity index (χ1v) is 4.96. The van der Waals surface area contributed by atoms with Crippen LogP contribution in [0.5, 0.6) is 0 Å². The van der Waals surface area contributed by atoms with Crippen molar-refractivity contribution in [2.24, 2.45) is 0 Å². The zero-order valence-corrected chi connectivity index (χ0v) is 8.70. The molecular formula is C10H11ClNO3-. The van der Waals surface area contributed by atoms with Gasteiger partial charge >= 0.3 is 0 Å². The number of hydrogen-bond acceptors (Lipinski definition) is 4. The number of anilines is 1. The van der Waals surface area contributed by atoms with Crippen molar-refractivity contribution in [3.8, 4) is 0 Å². The van der Waals surface area contributed by atoms with E-state index in [1.165, 1.54) is 12.1 Å². The van der Waals surface area contributed by atoms with Gasteiger partial charge in [0.15, 0.2) is 0 Å². The molecule has 0 saturated carbocycles. The number of benzene rings is 1. The Balaban J connectivity index is 2.53. The molecule has 0 fully saturated rings. The van der Waals surface area contributed by atoms with Crippen LogP contribution in [0.25, 0.3) is 0 Å². The van der Waals surface area contributed by atoms with Gasteiger partial charge in [0.1, 0.15) is 0 Å². The number of carbonyl (C=O) groups excluding carboxylic acids is 1. The number of aliphatic hydroxyl groups excluding tert-OH is 1. The molecule has 1 aromatic rings. The van der Waals surface area contributed by atoms with Gasteiger partial charge in [0.25, 0.3) is 0 Å². The highest BCUT2D eigenvalue weighted by atomic mass is 35.5. The van der Waals surface area contributed by atoms with Gasteiger partial charge in [-0.05, 0) is 17.7 Å². The maximum Gasteiger partial charge on any atom is 0.0847 e. The fraction of sp³-hybridized carbons (Fsp3) is 0.300. The average molecular weight is 229 g/mol. The summed E-state index contributed by atoms with van der Waals surface area (Å²) >= 11 is 5.41. The molecule has 0 aromatic heterocycles. The number of carboxylic acids is 1. The lowest BCUT2D eigenvalue weighted by atomic mass is 10.2. The Morgan fingerprint density at radius 1 is 1.47 bits per heavy atom. The Morgan fingerprint density at radius 3 is 2.53 bits per heavy atom. The van der Waals surface area contributed by atoms with Crippen LogP contribution in [-0.2, 0) is 0 Å². The monoisotopic (exact) mass is 228 g/mol. The zero-order chi connectivity index (χ0) is 11.3. The first kappa shape index (κ1) is 11.8. The summed E-state index contributed by atoms with van der Waals surface area (Å²) < 4.78 is 0.